The molecule has 1 heterocycles. The standard InChI is InChI=1S/C24H22BrN3O4S/c1-4-32-22-12-9-17(25)14-23(22)33(30,31)27-20-11-10-18(13-15(20)2)28-16(3)26-21-8-6-5-7-19(21)24(28)29/h5-14,27H,4H2,1-3H3. The van der Waals surface area contributed by atoms with Crippen molar-refractivity contribution in [3.05, 3.63) is 86.9 Å². The Labute approximate surface area is 200 Å². The normalized spacial score (nSPS) is 11.5. The number of fused-ring (bicyclic) bond motifs is 1. The molecule has 3 aromatic carbocycles. The molecule has 0 fully saturated rings. The first kappa shape index (κ1) is 23.0. The van der Waals surface area contributed by atoms with Crippen LogP contribution in [0.25, 0.3) is 16.6 Å². The summed E-state index contributed by atoms with van der Waals surface area (Å²) in [6, 6.07) is 17.1. The van der Waals surface area contributed by atoms with Crippen molar-refractivity contribution >= 4 is 42.5 Å². The van der Waals surface area contributed by atoms with Crippen LogP contribution < -0.4 is 15.0 Å². The molecule has 0 amide bonds. The van der Waals surface area contributed by atoms with Crippen LogP contribution in [0, 0.1) is 13.8 Å². The molecule has 1 N–H and O–H groups in total. The number of nitrogens with one attached hydrogen (secondary N) is 1. The number of aromatic nitrogens is 2. The third-order valence-electron chi connectivity index (χ3n) is 5.15. The van der Waals surface area contributed by atoms with Crippen molar-refractivity contribution in [2.75, 3.05) is 11.3 Å². The molecule has 0 bridgehead atoms. The van der Waals surface area contributed by atoms with Crippen molar-refractivity contribution in [1.82, 2.24) is 9.55 Å². The Kier molecular flexibility index (Phi) is 6.27. The van der Waals surface area contributed by atoms with Crippen LogP contribution in [0.3, 0.4) is 0 Å². The Morgan fingerprint density at radius 3 is 2.55 bits per heavy atom. The number of anilines is 1. The van der Waals surface area contributed by atoms with Crippen molar-refractivity contribution in [2.24, 2.45) is 0 Å². The number of hydrogen-bond donors (Lipinski definition) is 1. The van der Waals surface area contributed by atoms with E-state index in [1.807, 2.05) is 6.07 Å². The first-order chi connectivity index (χ1) is 15.7. The Balaban J connectivity index is 1.74. The number of aryl methyl sites for hydroxylation is 2. The number of ether oxygens (including phenoxy) is 1. The van der Waals surface area contributed by atoms with Crippen molar-refractivity contribution < 1.29 is 13.2 Å². The number of halogens is 1. The van der Waals surface area contributed by atoms with Crippen molar-refractivity contribution in [3.8, 4) is 11.4 Å². The van der Waals surface area contributed by atoms with Gasteiger partial charge in [-0.25, -0.2) is 13.4 Å². The molecule has 9 heteroatoms. The van der Waals surface area contributed by atoms with E-state index in [2.05, 4.69) is 25.6 Å². The molecule has 0 atom stereocenters. The Morgan fingerprint density at radius 2 is 1.82 bits per heavy atom. The predicted molar refractivity (Wildman–Crippen MR) is 133 cm³/mol. The molecule has 0 aliphatic rings. The number of hydrogen-bond acceptors (Lipinski definition) is 5. The predicted octanol–water partition coefficient (Wildman–Crippen LogP) is 4.96. The van der Waals surface area contributed by atoms with Gasteiger partial charge in [-0.15, -0.1) is 0 Å². The lowest BCUT2D eigenvalue weighted by Crippen LogP contribution is -2.22. The maximum Gasteiger partial charge on any atom is 0.265 e. The van der Waals surface area contributed by atoms with Gasteiger partial charge in [-0.1, -0.05) is 28.1 Å². The molecule has 0 aliphatic carbocycles. The largest absolute Gasteiger partial charge is 0.492 e. The Bertz CT molecular complexity index is 1530. The highest BCUT2D eigenvalue weighted by Crippen LogP contribution is 2.30. The van der Waals surface area contributed by atoms with Gasteiger partial charge >= 0.3 is 0 Å². The molecular formula is C24H22BrN3O4S. The third-order valence-corrected chi connectivity index (χ3v) is 7.03. The lowest BCUT2D eigenvalue weighted by molar-refractivity contribution is 0.331. The van der Waals surface area contributed by atoms with Crippen molar-refractivity contribution in [2.45, 2.75) is 25.7 Å². The van der Waals surface area contributed by atoms with Crippen LogP contribution in [0.2, 0.25) is 0 Å². The second-order valence-electron chi connectivity index (χ2n) is 7.45. The summed E-state index contributed by atoms with van der Waals surface area (Å²) in [6.07, 6.45) is 0. The maximum absolute atomic E-state index is 13.1. The van der Waals surface area contributed by atoms with Gasteiger partial charge in [0.1, 0.15) is 16.5 Å². The van der Waals surface area contributed by atoms with Gasteiger partial charge in [0.2, 0.25) is 0 Å². The summed E-state index contributed by atoms with van der Waals surface area (Å²) in [4.78, 5) is 17.7. The van der Waals surface area contributed by atoms with Gasteiger partial charge in [-0.3, -0.25) is 14.1 Å². The van der Waals surface area contributed by atoms with E-state index in [1.54, 1.807) is 69.3 Å². The Morgan fingerprint density at radius 1 is 1.06 bits per heavy atom. The van der Waals surface area contributed by atoms with Gasteiger partial charge in [0.05, 0.1) is 28.9 Å². The molecule has 170 valence electrons. The quantitative estimate of drug-likeness (QED) is 0.382. The topological polar surface area (TPSA) is 90.3 Å². The molecule has 33 heavy (non-hydrogen) atoms. The van der Waals surface area contributed by atoms with Crippen molar-refractivity contribution in [1.29, 1.82) is 0 Å². The number of para-hydroxylation sites is 1. The number of benzene rings is 3. The molecule has 0 unspecified atom stereocenters. The smallest absolute Gasteiger partial charge is 0.265 e. The first-order valence-corrected chi connectivity index (χ1v) is 12.5. The fourth-order valence-electron chi connectivity index (χ4n) is 3.62. The summed E-state index contributed by atoms with van der Waals surface area (Å²) in [5.74, 6) is 0.814. The van der Waals surface area contributed by atoms with Gasteiger partial charge in [-0.05, 0) is 74.9 Å². The molecule has 0 aliphatic heterocycles. The third kappa shape index (κ3) is 4.51. The lowest BCUT2D eigenvalue weighted by atomic mass is 10.1. The summed E-state index contributed by atoms with van der Waals surface area (Å²) in [6.45, 7) is 5.68. The van der Waals surface area contributed by atoms with E-state index >= 15 is 0 Å². The summed E-state index contributed by atoms with van der Waals surface area (Å²) in [7, 11) is -3.92. The van der Waals surface area contributed by atoms with Crippen LogP contribution in [-0.2, 0) is 10.0 Å². The van der Waals surface area contributed by atoms with Crippen molar-refractivity contribution in [3.63, 3.8) is 0 Å². The summed E-state index contributed by atoms with van der Waals surface area (Å²) < 4.78 is 36.5. The second-order valence-corrected chi connectivity index (χ2v) is 10.0. The average Bonchev–Trinajstić information content (AvgIpc) is 2.77. The highest BCUT2D eigenvalue weighted by Gasteiger charge is 2.21. The molecule has 1 aromatic heterocycles. The zero-order valence-corrected chi connectivity index (χ0v) is 20.7. The van der Waals surface area contributed by atoms with E-state index in [9.17, 15) is 13.2 Å². The number of sulfonamides is 1. The van der Waals surface area contributed by atoms with Gasteiger partial charge in [0.25, 0.3) is 15.6 Å². The lowest BCUT2D eigenvalue weighted by Gasteiger charge is -2.16. The van der Waals surface area contributed by atoms with Gasteiger partial charge in [0, 0.05) is 4.47 Å². The SMILES string of the molecule is CCOc1ccc(Br)cc1S(=O)(=O)Nc1ccc(-n2c(C)nc3ccccc3c2=O)cc1C. The molecule has 0 radical (unpaired) electrons. The van der Waals surface area contributed by atoms with Crippen LogP contribution in [0.15, 0.2) is 74.8 Å². The monoisotopic (exact) mass is 527 g/mol. The number of nitrogens with zero attached hydrogens (tertiary/aromatic N) is 2. The second kappa shape index (κ2) is 8.99. The van der Waals surface area contributed by atoms with E-state index in [-0.39, 0.29) is 16.2 Å². The van der Waals surface area contributed by atoms with E-state index in [0.29, 0.717) is 44.7 Å². The van der Waals surface area contributed by atoms with E-state index < -0.39 is 10.0 Å². The molecule has 0 saturated carbocycles. The fourth-order valence-corrected chi connectivity index (χ4v) is 5.43. The van der Waals surface area contributed by atoms with Gasteiger partial charge in [0.15, 0.2) is 0 Å². The minimum Gasteiger partial charge on any atom is -0.492 e. The molecule has 7 nitrogen and oxygen atoms in total. The van der Waals surface area contributed by atoms with Gasteiger partial charge < -0.3 is 4.74 Å². The average molecular weight is 528 g/mol. The molecule has 0 saturated heterocycles. The summed E-state index contributed by atoms with van der Waals surface area (Å²) >= 11 is 3.32. The highest BCUT2D eigenvalue weighted by atomic mass is 79.9. The zero-order valence-electron chi connectivity index (χ0n) is 18.3. The minimum atomic E-state index is -3.92. The van der Waals surface area contributed by atoms with Crippen LogP contribution in [-0.4, -0.2) is 24.6 Å². The highest BCUT2D eigenvalue weighted by molar-refractivity contribution is 9.10. The van der Waals surface area contributed by atoms with E-state index in [4.69, 9.17) is 4.74 Å². The van der Waals surface area contributed by atoms with Gasteiger partial charge in [-0.2, -0.15) is 0 Å². The first-order valence-electron chi connectivity index (χ1n) is 10.3. The van der Waals surface area contributed by atoms with Crippen LogP contribution >= 0.6 is 15.9 Å². The fraction of sp³-hybridized carbons (Fsp3) is 0.167. The molecule has 0 spiro atoms. The van der Waals surface area contributed by atoms with E-state index in [1.165, 1.54) is 10.6 Å². The molecular weight excluding hydrogens is 506 g/mol. The zero-order chi connectivity index (χ0) is 23.8. The minimum absolute atomic E-state index is 0.0352. The van der Waals surface area contributed by atoms with E-state index in [0.717, 1.165) is 0 Å². The molecule has 4 aromatic rings. The van der Waals surface area contributed by atoms with Crippen LogP contribution in [0.5, 0.6) is 5.75 Å². The Hall–Kier alpha value is -3.17. The van der Waals surface area contributed by atoms with Crippen LogP contribution in [0.4, 0.5) is 5.69 Å². The maximum atomic E-state index is 13.1. The summed E-state index contributed by atoms with van der Waals surface area (Å²) in [5, 5.41) is 0.517. The molecule has 4 rings (SSSR count). The number of rotatable bonds is 6. The van der Waals surface area contributed by atoms with Crippen LogP contribution in [0.1, 0.15) is 18.3 Å². The summed E-state index contributed by atoms with van der Waals surface area (Å²) in [5.41, 5.74) is 2.12.